The average Bonchev–Trinajstić information content (AvgIpc) is 2.94. The van der Waals surface area contributed by atoms with E-state index in [1.165, 1.54) is 6.92 Å². The Hall–Kier alpha value is -2.43. The van der Waals surface area contributed by atoms with E-state index in [1.54, 1.807) is 24.5 Å². The van der Waals surface area contributed by atoms with E-state index in [1.807, 2.05) is 6.07 Å². The van der Waals surface area contributed by atoms with Gasteiger partial charge < -0.3 is 10.3 Å². The van der Waals surface area contributed by atoms with E-state index in [0.717, 1.165) is 24.2 Å². The van der Waals surface area contributed by atoms with Crippen molar-refractivity contribution in [2.24, 2.45) is 5.92 Å². The summed E-state index contributed by atoms with van der Waals surface area (Å²) in [5.74, 6) is -0.174. The molecule has 2 N–H and O–H groups in total. The highest BCUT2D eigenvalue weighted by atomic mass is 16.2. The smallest absolute Gasteiger partial charge is 0.227 e. The molecule has 5 heteroatoms. The Morgan fingerprint density at radius 1 is 1.33 bits per heavy atom. The van der Waals surface area contributed by atoms with Crippen LogP contribution in [0.4, 0.5) is 5.69 Å². The number of imidazole rings is 1. The van der Waals surface area contributed by atoms with Gasteiger partial charge in [-0.05, 0) is 31.9 Å². The number of aryl methyl sites for hydroxylation is 1. The minimum atomic E-state index is -0.0852. The molecule has 2 aromatic rings. The molecule has 0 spiro atoms. The number of carbonyl (C=O) groups excluding carboxylic acids is 2. The van der Waals surface area contributed by atoms with Crippen LogP contribution in [0.2, 0.25) is 0 Å². The molecule has 108 valence electrons. The maximum atomic E-state index is 12.4. The number of para-hydroxylation sites is 1. The van der Waals surface area contributed by atoms with Crippen molar-refractivity contribution in [2.75, 3.05) is 5.32 Å². The number of rotatable bonds is 3. The predicted molar refractivity (Wildman–Crippen MR) is 79.2 cm³/mol. The van der Waals surface area contributed by atoms with E-state index in [-0.39, 0.29) is 17.6 Å². The normalized spacial score (nSPS) is 17.1. The molecule has 5 nitrogen and oxygen atoms in total. The molecule has 0 fully saturated rings. The van der Waals surface area contributed by atoms with E-state index in [4.69, 9.17) is 0 Å². The first-order chi connectivity index (χ1) is 10.1. The average molecular weight is 283 g/mol. The van der Waals surface area contributed by atoms with Crippen molar-refractivity contribution in [2.45, 2.75) is 26.2 Å². The summed E-state index contributed by atoms with van der Waals surface area (Å²) >= 11 is 0. The second kappa shape index (κ2) is 5.52. The van der Waals surface area contributed by atoms with Crippen LogP contribution in [-0.4, -0.2) is 21.7 Å². The fraction of sp³-hybridized carbons (Fsp3) is 0.312. The number of hydrogen-bond donors (Lipinski definition) is 2. The molecule has 1 aliphatic rings. The largest absolute Gasteiger partial charge is 0.348 e. The van der Waals surface area contributed by atoms with Gasteiger partial charge >= 0.3 is 0 Å². The first-order valence-electron chi connectivity index (χ1n) is 7.07. The third kappa shape index (κ3) is 2.72. The summed E-state index contributed by atoms with van der Waals surface area (Å²) in [4.78, 5) is 31.3. The molecule has 1 heterocycles. The third-order valence-electron chi connectivity index (χ3n) is 3.92. The van der Waals surface area contributed by atoms with Crippen LogP contribution in [0.1, 0.15) is 35.1 Å². The van der Waals surface area contributed by atoms with Gasteiger partial charge in [0.2, 0.25) is 5.91 Å². The summed E-state index contributed by atoms with van der Waals surface area (Å²) in [5.41, 5.74) is 3.23. The number of H-pyrrole nitrogens is 1. The Morgan fingerprint density at radius 3 is 2.95 bits per heavy atom. The second-order valence-corrected chi connectivity index (χ2v) is 5.36. The zero-order valence-corrected chi connectivity index (χ0v) is 11.8. The minimum Gasteiger partial charge on any atom is -0.348 e. The highest BCUT2D eigenvalue weighted by Gasteiger charge is 2.26. The monoisotopic (exact) mass is 283 g/mol. The molecular weight excluding hydrogens is 266 g/mol. The number of carbonyl (C=O) groups is 2. The van der Waals surface area contributed by atoms with Crippen LogP contribution in [0.25, 0.3) is 0 Å². The van der Waals surface area contributed by atoms with Gasteiger partial charge in [0.1, 0.15) is 0 Å². The number of amides is 1. The number of ketones is 1. The number of aromatic amines is 1. The summed E-state index contributed by atoms with van der Waals surface area (Å²) in [6, 6.07) is 7.10. The fourth-order valence-corrected chi connectivity index (χ4v) is 2.76. The van der Waals surface area contributed by atoms with Crippen molar-refractivity contribution in [3.05, 3.63) is 47.5 Å². The Balaban J connectivity index is 1.75. The van der Waals surface area contributed by atoms with Crippen LogP contribution in [0.15, 0.2) is 30.6 Å². The Morgan fingerprint density at radius 2 is 2.14 bits per heavy atom. The molecule has 0 saturated heterocycles. The van der Waals surface area contributed by atoms with Crippen molar-refractivity contribution < 1.29 is 9.59 Å². The predicted octanol–water partition coefficient (Wildman–Crippen LogP) is 2.36. The van der Waals surface area contributed by atoms with Crippen LogP contribution in [-0.2, 0) is 17.6 Å². The van der Waals surface area contributed by atoms with Gasteiger partial charge in [0, 0.05) is 23.6 Å². The lowest BCUT2D eigenvalue weighted by Crippen LogP contribution is -2.28. The lowest BCUT2D eigenvalue weighted by Gasteiger charge is -2.21. The molecule has 0 aliphatic heterocycles. The SMILES string of the molecule is CC(=O)c1ccccc1NC(=O)C1CCc2nc[nH]c2C1. The highest BCUT2D eigenvalue weighted by molar-refractivity contribution is 6.04. The van der Waals surface area contributed by atoms with Crippen molar-refractivity contribution in [3.8, 4) is 0 Å². The van der Waals surface area contributed by atoms with Gasteiger partial charge in [-0.25, -0.2) is 4.98 Å². The van der Waals surface area contributed by atoms with E-state index in [2.05, 4.69) is 15.3 Å². The molecule has 1 aromatic heterocycles. The third-order valence-corrected chi connectivity index (χ3v) is 3.92. The number of nitrogens with one attached hydrogen (secondary N) is 2. The molecule has 3 rings (SSSR count). The molecule has 1 unspecified atom stereocenters. The molecule has 0 radical (unpaired) electrons. The van der Waals surface area contributed by atoms with Gasteiger partial charge in [-0.2, -0.15) is 0 Å². The number of Topliss-reactive ketones (excluding diaryl/α,β-unsaturated/α-hetero) is 1. The number of benzene rings is 1. The maximum absolute atomic E-state index is 12.4. The first-order valence-corrected chi connectivity index (χ1v) is 7.07. The van der Waals surface area contributed by atoms with Crippen LogP contribution in [0.3, 0.4) is 0 Å². The lowest BCUT2D eigenvalue weighted by atomic mass is 9.89. The van der Waals surface area contributed by atoms with Gasteiger partial charge in [0.25, 0.3) is 0 Å². The quantitative estimate of drug-likeness (QED) is 0.849. The molecule has 1 aromatic carbocycles. The maximum Gasteiger partial charge on any atom is 0.227 e. The van der Waals surface area contributed by atoms with Gasteiger partial charge in [-0.1, -0.05) is 12.1 Å². The van der Waals surface area contributed by atoms with Crippen molar-refractivity contribution in [1.29, 1.82) is 0 Å². The van der Waals surface area contributed by atoms with E-state index in [9.17, 15) is 9.59 Å². The van der Waals surface area contributed by atoms with Gasteiger partial charge in [0.15, 0.2) is 5.78 Å². The van der Waals surface area contributed by atoms with Crippen LogP contribution >= 0.6 is 0 Å². The van der Waals surface area contributed by atoms with Crippen molar-refractivity contribution in [3.63, 3.8) is 0 Å². The molecule has 1 atom stereocenters. The van der Waals surface area contributed by atoms with Crippen LogP contribution in [0, 0.1) is 5.92 Å². The molecule has 1 aliphatic carbocycles. The van der Waals surface area contributed by atoms with Crippen molar-refractivity contribution >= 4 is 17.4 Å². The number of nitrogens with zero attached hydrogens (tertiary/aromatic N) is 1. The Labute approximate surface area is 122 Å². The zero-order valence-electron chi connectivity index (χ0n) is 11.8. The first kappa shape index (κ1) is 13.5. The van der Waals surface area contributed by atoms with Crippen LogP contribution < -0.4 is 5.32 Å². The van der Waals surface area contributed by atoms with Gasteiger partial charge in [-0.15, -0.1) is 0 Å². The highest BCUT2D eigenvalue weighted by Crippen LogP contribution is 2.25. The van der Waals surface area contributed by atoms with Gasteiger partial charge in [-0.3, -0.25) is 9.59 Å². The molecule has 0 bridgehead atoms. The fourth-order valence-electron chi connectivity index (χ4n) is 2.76. The topological polar surface area (TPSA) is 74.8 Å². The second-order valence-electron chi connectivity index (χ2n) is 5.36. The lowest BCUT2D eigenvalue weighted by molar-refractivity contribution is -0.120. The molecule has 21 heavy (non-hydrogen) atoms. The zero-order chi connectivity index (χ0) is 14.8. The standard InChI is InChI=1S/C16H17N3O2/c1-10(20)12-4-2-3-5-13(12)19-16(21)11-6-7-14-15(8-11)18-9-17-14/h2-5,9,11H,6-8H2,1H3,(H,17,18)(H,19,21). The molecular formula is C16H17N3O2. The van der Waals surface area contributed by atoms with Gasteiger partial charge in [0.05, 0.1) is 17.7 Å². The summed E-state index contributed by atoms with van der Waals surface area (Å²) in [6.07, 6.45) is 3.94. The van der Waals surface area contributed by atoms with Crippen LogP contribution in [0.5, 0.6) is 0 Å². The summed E-state index contributed by atoms with van der Waals surface area (Å²) < 4.78 is 0. The summed E-state index contributed by atoms with van der Waals surface area (Å²) in [6.45, 7) is 1.50. The number of hydrogen-bond acceptors (Lipinski definition) is 3. The number of fused-ring (bicyclic) bond motifs is 1. The molecule has 0 saturated carbocycles. The number of anilines is 1. The summed E-state index contributed by atoms with van der Waals surface area (Å²) in [5, 5.41) is 2.89. The summed E-state index contributed by atoms with van der Waals surface area (Å²) in [7, 11) is 0. The Bertz CT molecular complexity index is 690. The minimum absolute atomic E-state index is 0.0380. The van der Waals surface area contributed by atoms with Crippen molar-refractivity contribution in [1.82, 2.24) is 9.97 Å². The van der Waals surface area contributed by atoms with E-state index >= 15 is 0 Å². The van der Waals surface area contributed by atoms with E-state index in [0.29, 0.717) is 17.7 Å². The van der Waals surface area contributed by atoms with E-state index < -0.39 is 0 Å². The number of aromatic nitrogens is 2. The molecule has 1 amide bonds. The Kier molecular flexibility index (Phi) is 3.56.